The summed E-state index contributed by atoms with van der Waals surface area (Å²) in [5, 5.41) is 0. The van der Waals surface area contributed by atoms with E-state index in [1.807, 2.05) is 4.90 Å². The summed E-state index contributed by atoms with van der Waals surface area (Å²) >= 11 is 0. The van der Waals surface area contributed by atoms with Gasteiger partial charge in [0.1, 0.15) is 0 Å². The van der Waals surface area contributed by atoms with Crippen molar-refractivity contribution in [1.29, 1.82) is 0 Å². The second-order valence-electron chi connectivity index (χ2n) is 8.50. The molecule has 3 aliphatic heterocycles. The standard InChI is InChI=1S/C19H30N2O2/c1-2-5-20-12-16(3-4-18(20)22)19(23)21-11-15-7-13-6-14(8-15)10-17(21)9-13/h13-17H,2-12H2,1H3/t13-,14+,15?,16-,17?/m1/s1. The summed E-state index contributed by atoms with van der Waals surface area (Å²) in [6.45, 7) is 4.56. The lowest BCUT2D eigenvalue weighted by molar-refractivity contribution is -0.145. The van der Waals surface area contributed by atoms with Gasteiger partial charge < -0.3 is 9.80 Å². The number of likely N-dealkylation sites (tertiary alicyclic amines) is 1. The number of hydrogen-bond acceptors (Lipinski definition) is 2. The largest absolute Gasteiger partial charge is 0.342 e. The third-order valence-corrected chi connectivity index (χ3v) is 6.73. The number of fused-ring (bicyclic) bond motifs is 1. The van der Waals surface area contributed by atoms with Gasteiger partial charge in [-0.2, -0.15) is 0 Å². The zero-order valence-electron chi connectivity index (χ0n) is 14.4. The van der Waals surface area contributed by atoms with Crippen molar-refractivity contribution in [2.45, 2.75) is 64.3 Å². The maximum atomic E-state index is 13.2. The van der Waals surface area contributed by atoms with Crippen LogP contribution in [-0.4, -0.2) is 47.3 Å². The normalized spacial score (nSPS) is 39.7. The van der Waals surface area contributed by atoms with Gasteiger partial charge in [0.05, 0.1) is 5.92 Å². The highest BCUT2D eigenvalue weighted by atomic mass is 16.2. The van der Waals surface area contributed by atoms with Crippen molar-refractivity contribution in [3.05, 3.63) is 0 Å². The number of rotatable bonds is 3. The van der Waals surface area contributed by atoms with Gasteiger partial charge in [0.25, 0.3) is 0 Å². The van der Waals surface area contributed by atoms with E-state index in [1.165, 1.54) is 32.1 Å². The molecular formula is C19H30N2O2. The van der Waals surface area contributed by atoms with Crippen molar-refractivity contribution in [3.8, 4) is 0 Å². The molecule has 2 amide bonds. The van der Waals surface area contributed by atoms with Crippen LogP contribution in [0.4, 0.5) is 0 Å². The first-order valence-electron chi connectivity index (χ1n) is 9.72. The molecule has 0 aromatic rings. The average Bonchev–Trinajstić information content (AvgIpc) is 2.73. The lowest BCUT2D eigenvalue weighted by atomic mass is 9.68. The Morgan fingerprint density at radius 1 is 1.04 bits per heavy atom. The van der Waals surface area contributed by atoms with Gasteiger partial charge in [0.15, 0.2) is 0 Å². The lowest BCUT2D eigenvalue weighted by Crippen LogP contribution is -2.50. The van der Waals surface area contributed by atoms with E-state index in [-0.39, 0.29) is 11.8 Å². The molecule has 4 nitrogen and oxygen atoms in total. The van der Waals surface area contributed by atoms with Crippen LogP contribution >= 0.6 is 0 Å². The molecule has 4 heteroatoms. The van der Waals surface area contributed by atoms with Gasteiger partial charge in [-0.1, -0.05) is 6.92 Å². The summed E-state index contributed by atoms with van der Waals surface area (Å²) in [5.41, 5.74) is 0. The van der Waals surface area contributed by atoms with E-state index in [0.717, 1.165) is 43.7 Å². The van der Waals surface area contributed by atoms with Crippen LogP contribution in [0.25, 0.3) is 0 Å². The summed E-state index contributed by atoms with van der Waals surface area (Å²) in [4.78, 5) is 29.4. The van der Waals surface area contributed by atoms with E-state index < -0.39 is 0 Å². The molecule has 5 atom stereocenters. The summed E-state index contributed by atoms with van der Waals surface area (Å²) in [6.07, 6.45) is 8.89. The number of carbonyl (C=O) groups excluding carboxylic acids is 2. The zero-order valence-corrected chi connectivity index (χ0v) is 14.4. The molecule has 3 heterocycles. The lowest BCUT2D eigenvalue weighted by Gasteiger charge is -2.40. The van der Waals surface area contributed by atoms with Crippen molar-refractivity contribution in [1.82, 2.24) is 9.80 Å². The van der Waals surface area contributed by atoms with Crippen LogP contribution in [0.1, 0.15) is 58.3 Å². The van der Waals surface area contributed by atoms with Crippen molar-refractivity contribution in [2.24, 2.45) is 23.7 Å². The third kappa shape index (κ3) is 2.89. The van der Waals surface area contributed by atoms with Crippen molar-refractivity contribution in [3.63, 3.8) is 0 Å². The Morgan fingerprint density at radius 3 is 2.43 bits per heavy atom. The van der Waals surface area contributed by atoms with Gasteiger partial charge in [0.2, 0.25) is 11.8 Å². The Morgan fingerprint density at radius 2 is 1.74 bits per heavy atom. The molecule has 23 heavy (non-hydrogen) atoms. The molecule has 128 valence electrons. The highest BCUT2D eigenvalue weighted by Crippen LogP contribution is 2.47. The Balaban J connectivity index is 1.47. The maximum absolute atomic E-state index is 13.2. The molecule has 3 saturated heterocycles. The van der Waals surface area contributed by atoms with Gasteiger partial charge in [-0.15, -0.1) is 0 Å². The van der Waals surface area contributed by atoms with Crippen LogP contribution in [0.15, 0.2) is 0 Å². The third-order valence-electron chi connectivity index (χ3n) is 6.73. The quantitative estimate of drug-likeness (QED) is 0.803. The van der Waals surface area contributed by atoms with E-state index in [4.69, 9.17) is 0 Å². The molecule has 2 saturated carbocycles. The van der Waals surface area contributed by atoms with Crippen LogP contribution in [0.3, 0.4) is 0 Å². The Kier molecular flexibility index (Phi) is 4.10. The smallest absolute Gasteiger partial charge is 0.227 e. The predicted molar refractivity (Wildman–Crippen MR) is 88.7 cm³/mol. The first-order chi connectivity index (χ1) is 11.1. The van der Waals surface area contributed by atoms with Gasteiger partial charge >= 0.3 is 0 Å². The maximum Gasteiger partial charge on any atom is 0.227 e. The molecule has 0 N–H and O–H groups in total. The number of carbonyl (C=O) groups is 2. The van der Waals surface area contributed by atoms with Crippen LogP contribution in [0, 0.1) is 23.7 Å². The monoisotopic (exact) mass is 318 g/mol. The van der Waals surface area contributed by atoms with Crippen LogP contribution < -0.4 is 0 Å². The summed E-state index contributed by atoms with van der Waals surface area (Å²) in [7, 11) is 0. The fourth-order valence-electron chi connectivity index (χ4n) is 5.89. The fraction of sp³-hybridized carbons (Fsp3) is 0.895. The minimum atomic E-state index is 0.0509. The van der Waals surface area contributed by atoms with Gasteiger partial charge in [-0.25, -0.2) is 0 Å². The topological polar surface area (TPSA) is 40.6 Å². The molecule has 0 aromatic heterocycles. The first-order valence-corrected chi connectivity index (χ1v) is 9.72. The Hall–Kier alpha value is -1.06. The second kappa shape index (κ2) is 6.10. The fourth-order valence-corrected chi connectivity index (χ4v) is 5.89. The van der Waals surface area contributed by atoms with Gasteiger partial charge in [0, 0.05) is 32.1 Å². The van der Waals surface area contributed by atoms with Crippen LogP contribution in [0.5, 0.6) is 0 Å². The number of hydrogen-bond donors (Lipinski definition) is 0. The molecule has 0 spiro atoms. The van der Waals surface area contributed by atoms with E-state index in [2.05, 4.69) is 11.8 Å². The van der Waals surface area contributed by atoms with Crippen LogP contribution in [0.2, 0.25) is 0 Å². The molecule has 5 aliphatic rings. The van der Waals surface area contributed by atoms with E-state index in [9.17, 15) is 9.59 Å². The molecule has 2 unspecified atom stereocenters. The average molecular weight is 318 g/mol. The molecule has 0 radical (unpaired) electrons. The molecular weight excluding hydrogens is 288 g/mol. The predicted octanol–water partition coefficient (Wildman–Crippen LogP) is 2.67. The minimum absolute atomic E-state index is 0.0509. The van der Waals surface area contributed by atoms with E-state index >= 15 is 0 Å². The van der Waals surface area contributed by atoms with E-state index in [1.54, 1.807) is 0 Å². The molecule has 5 rings (SSSR count). The highest BCUT2D eigenvalue weighted by Gasteiger charge is 2.45. The Bertz CT molecular complexity index is 478. The SMILES string of the molecule is CCCN1C[C@H](C(=O)N2CC3C[C@@H]4CC2C[C@H](C3)C4)CCC1=O. The summed E-state index contributed by atoms with van der Waals surface area (Å²) in [6, 6.07) is 0.496. The van der Waals surface area contributed by atoms with Gasteiger partial charge in [-0.05, 0) is 62.7 Å². The molecule has 2 aliphatic carbocycles. The summed E-state index contributed by atoms with van der Waals surface area (Å²) in [5.74, 6) is 3.14. The highest BCUT2D eigenvalue weighted by molar-refractivity contribution is 5.84. The molecule has 0 aromatic carbocycles. The minimum Gasteiger partial charge on any atom is -0.342 e. The van der Waals surface area contributed by atoms with E-state index in [0.29, 0.717) is 24.9 Å². The molecule has 5 fully saturated rings. The summed E-state index contributed by atoms with van der Waals surface area (Å²) < 4.78 is 0. The number of nitrogens with zero attached hydrogens (tertiary/aromatic N) is 2. The number of amides is 2. The number of piperidine rings is 1. The Labute approximate surface area is 139 Å². The van der Waals surface area contributed by atoms with Crippen LogP contribution in [-0.2, 0) is 9.59 Å². The molecule has 4 bridgehead atoms. The van der Waals surface area contributed by atoms with Gasteiger partial charge in [-0.3, -0.25) is 9.59 Å². The second-order valence-corrected chi connectivity index (χ2v) is 8.50. The van der Waals surface area contributed by atoms with Crippen molar-refractivity contribution < 1.29 is 9.59 Å². The van der Waals surface area contributed by atoms with Crippen molar-refractivity contribution in [2.75, 3.05) is 19.6 Å². The zero-order chi connectivity index (χ0) is 16.0. The van der Waals surface area contributed by atoms with Crippen molar-refractivity contribution >= 4 is 11.8 Å². The first kappa shape index (κ1) is 15.5.